The van der Waals surface area contributed by atoms with E-state index in [9.17, 15) is 4.79 Å². The summed E-state index contributed by atoms with van der Waals surface area (Å²) in [5, 5.41) is 4.71. The molecule has 5 rings (SSSR count). The van der Waals surface area contributed by atoms with E-state index in [-0.39, 0.29) is 5.91 Å². The van der Waals surface area contributed by atoms with E-state index < -0.39 is 0 Å². The number of amides is 1. The second-order valence-corrected chi connectivity index (χ2v) is 7.70. The molecule has 0 unspecified atom stereocenters. The Morgan fingerprint density at radius 3 is 2.52 bits per heavy atom. The number of rotatable bonds is 5. The third kappa shape index (κ3) is 3.96. The van der Waals surface area contributed by atoms with Gasteiger partial charge in [0.2, 0.25) is 0 Å². The van der Waals surface area contributed by atoms with Crippen molar-refractivity contribution in [3.8, 4) is 0 Å². The van der Waals surface area contributed by atoms with Gasteiger partial charge < -0.3 is 15.3 Å². The molecule has 0 aliphatic heterocycles. The molecule has 6 heteroatoms. The molecule has 0 saturated carbocycles. The van der Waals surface area contributed by atoms with Gasteiger partial charge in [-0.3, -0.25) is 4.79 Å². The Morgan fingerprint density at radius 2 is 1.71 bits per heavy atom. The van der Waals surface area contributed by atoms with Crippen molar-refractivity contribution in [3.63, 3.8) is 0 Å². The number of halogens is 1. The fourth-order valence-corrected chi connectivity index (χ4v) is 3.70. The van der Waals surface area contributed by atoms with Gasteiger partial charge in [-0.2, -0.15) is 0 Å². The number of benzene rings is 3. The molecule has 0 aliphatic rings. The quantitative estimate of drug-likeness (QED) is 0.322. The number of aromatic nitrogens is 3. The highest BCUT2D eigenvalue weighted by Crippen LogP contribution is 2.25. The van der Waals surface area contributed by atoms with Gasteiger partial charge in [-0.1, -0.05) is 54.1 Å². The first-order valence-electron chi connectivity index (χ1n) is 9.93. The molecule has 5 aromatic rings. The molecule has 0 saturated heterocycles. The molecular formula is C25H19ClN4O. The zero-order valence-electron chi connectivity index (χ0n) is 16.5. The lowest BCUT2D eigenvalue weighted by Gasteiger charge is -2.08. The molecule has 0 fully saturated rings. The Bertz CT molecular complexity index is 1380. The van der Waals surface area contributed by atoms with Gasteiger partial charge in [0, 0.05) is 34.2 Å². The van der Waals surface area contributed by atoms with E-state index in [2.05, 4.69) is 20.3 Å². The first-order valence-corrected chi connectivity index (χ1v) is 10.3. The summed E-state index contributed by atoms with van der Waals surface area (Å²) in [5.74, 6) is 0.319. The predicted octanol–water partition coefficient (Wildman–Crippen LogP) is 5.55. The number of nitrogens with one attached hydrogen (secondary N) is 3. The molecule has 0 bridgehead atoms. The second-order valence-electron chi connectivity index (χ2n) is 7.26. The van der Waals surface area contributed by atoms with E-state index in [0.29, 0.717) is 23.0 Å². The number of carbonyl (C=O) groups is 1. The summed E-state index contributed by atoms with van der Waals surface area (Å²) in [6.07, 6.45) is 3.77. The average molecular weight is 427 g/mol. The summed E-state index contributed by atoms with van der Waals surface area (Å²) in [7, 11) is 0. The van der Waals surface area contributed by atoms with Crippen molar-refractivity contribution in [2.45, 2.75) is 6.54 Å². The Morgan fingerprint density at radius 1 is 0.968 bits per heavy atom. The van der Waals surface area contributed by atoms with Gasteiger partial charge in [0.1, 0.15) is 5.82 Å². The minimum atomic E-state index is -0.209. The summed E-state index contributed by atoms with van der Waals surface area (Å²) < 4.78 is 0. The van der Waals surface area contributed by atoms with Gasteiger partial charge in [-0.05, 0) is 42.0 Å². The van der Waals surface area contributed by atoms with Gasteiger partial charge in [0.25, 0.3) is 5.91 Å². The maximum atomic E-state index is 13.2. The summed E-state index contributed by atoms with van der Waals surface area (Å²) >= 11 is 5.96. The van der Waals surface area contributed by atoms with Crippen molar-refractivity contribution in [1.82, 2.24) is 20.3 Å². The number of H-pyrrole nitrogens is 2. The Hall–Kier alpha value is -3.83. The Kier molecular flexibility index (Phi) is 5.02. The molecule has 3 aromatic carbocycles. The first-order chi connectivity index (χ1) is 15.2. The molecule has 0 spiro atoms. The van der Waals surface area contributed by atoms with Crippen molar-refractivity contribution < 1.29 is 4.79 Å². The molecule has 152 valence electrons. The minimum absolute atomic E-state index is 0.209. The SMILES string of the molecule is O=C(NCc1ccc(Cl)cc1)C(=Cc1c[nH]c2ccccc12)c1nc2ccccc2[nH]1. The van der Waals surface area contributed by atoms with Gasteiger partial charge in [-0.15, -0.1) is 0 Å². The molecule has 0 aliphatic carbocycles. The van der Waals surface area contributed by atoms with Crippen LogP contribution in [-0.2, 0) is 11.3 Å². The topological polar surface area (TPSA) is 73.6 Å². The van der Waals surface area contributed by atoms with Crippen LogP contribution in [0.25, 0.3) is 33.6 Å². The monoisotopic (exact) mass is 426 g/mol. The van der Waals surface area contributed by atoms with Crippen LogP contribution in [-0.4, -0.2) is 20.9 Å². The number of fused-ring (bicyclic) bond motifs is 2. The lowest BCUT2D eigenvalue weighted by atomic mass is 10.1. The summed E-state index contributed by atoms with van der Waals surface area (Å²) in [4.78, 5) is 24.4. The third-order valence-corrected chi connectivity index (χ3v) is 5.43. The highest BCUT2D eigenvalue weighted by atomic mass is 35.5. The van der Waals surface area contributed by atoms with Crippen LogP contribution >= 0.6 is 11.6 Å². The van der Waals surface area contributed by atoms with Gasteiger partial charge in [0.15, 0.2) is 0 Å². The van der Waals surface area contributed by atoms with Crippen LogP contribution < -0.4 is 5.32 Å². The van der Waals surface area contributed by atoms with E-state index in [0.717, 1.165) is 33.1 Å². The number of nitrogens with zero attached hydrogens (tertiary/aromatic N) is 1. The normalized spacial score (nSPS) is 11.8. The highest BCUT2D eigenvalue weighted by Gasteiger charge is 2.17. The molecule has 0 atom stereocenters. The molecule has 5 nitrogen and oxygen atoms in total. The van der Waals surface area contributed by atoms with Crippen LogP contribution in [0.3, 0.4) is 0 Å². The fraction of sp³-hybridized carbons (Fsp3) is 0.0400. The number of para-hydroxylation sites is 3. The molecule has 2 heterocycles. The molecule has 3 N–H and O–H groups in total. The number of hydrogen-bond donors (Lipinski definition) is 3. The maximum Gasteiger partial charge on any atom is 0.255 e. The van der Waals surface area contributed by atoms with Crippen molar-refractivity contribution in [2.24, 2.45) is 0 Å². The lowest BCUT2D eigenvalue weighted by Crippen LogP contribution is -2.24. The van der Waals surface area contributed by atoms with Crippen molar-refractivity contribution in [1.29, 1.82) is 0 Å². The number of aromatic amines is 2. The summed E-state index contributed by atoms with van der Waals surface area (Å²) in [5.41, 5.74) is 5.07. The smallest absolute Gasteiger partial charge is 0.255 e. The molecule has 2 aromatic heterocycles. The number of carbonyl (C=O) groups excluding carboxylic acids is 1. The Labute approximate surface area is 183 Å². The standard InChI is InChI=1S/C25H19ClN4O/c26-18-11-9-16(10-12-18)14-28-25(31)20(24-29-22-7-3-4-8-23(22)30-24)13-17-15-27-21-6-2-1-5-19(17)21/h1-13,15,27H,14H2,(H,28,31)(H,29,30). The fourth-order valence-electron chi connectivity index (χ4n) is 3.57. The zero-order chi connectivity index (χ0) is 21.2. The van der Waals surface area contributed by atoms with E-state index >= 15 is 0 Å². The number of hydrogen-bond acceptors (Lipinski definition) is 2. The van der Waals surface area contributed by atoms with Crippen LogP contribution in [0.2, 0.25) is 5.02 Å². The van der Waals surface area contributed by atoms with Gasteiger partial charge in [0.05, 0.1) is 16.6 Å². The summed E-state index contributed by atoms with van der Waals surface area (Å²) in [6.45, 7) is 0.390. The first kappa shape index (κ1) is 19.2. The van der Waals surface area contributed by atoms with Crippen LogP contribution in [0.15, 0.2) is 79.0 Å². The van der Waals surface area contributed by atoms with E-state index in [1.807, 2.05) is 85.1 Å². The van der Waals surface area contributed by atoms with Crippen molar-refractivity contribution in [3.05, 3.63) is 101 Å². The van der Waals surface area contributed by atoms with Crippen molar-refractivity contribution >= 4 is 51.1 Å². The van der Waals surface area contributed by atoms with Crippen LogP contribution in [0.5, 0.6) is 0 Å². The van der Waals surface area contributed by atoms with E-state index in [1.54, 1.807) is 0 Å². The van der Waals surface area contributed by atoms with E-state index in [1.165, 1.54) is 0 Å². The van der Waals surface area contributed by atoms with Crippen LogP contribution in [0, 0.1) is 0 Å². The maximum absolute atomic E-state index is 13.2. The Balaban J connectivity index is 1.53. The highest BCUT2D eigenvalue weighted by molar-refractivity contribution is 6.30. The summed E-state index contributed by atoms with van der Waals surface area (Å²) in [6, 6.07) is 23.1. The largest absolute Gasteiger partial charge is 0.361 e. The average Bonchev–Trinajstić information content (AvgIpc) is 3.41. The van der Waals surface area contributed by atoms with Gasteiger partial charge >= 0.3 is 0 Å². The third-order valence-electron chi connectivity index (χ3n) is 5.18. The molecule has 1 amide bonds. The van der Waals surface area contributed by atoms with E-state index in [4.69, 9.17) is 11.6 Å². The molecular weight excluding hydrogens is 408 g/mol. The lowest BCUT2D eigenvalue weighted by molar-refractivity contribution is -0.115. The minimum Gasteiger partial charge on any atom is -0.361 e. The molecule has 0 radical (unpaired) electrons. The predicted molar refractivity (Wildman–Crippen MR) is 126 cm³/mol. The van der Waals surface area contributed by atoms with Crippen molar-refractivity contribution in [2.75, 3.05) is 0 Å². The van der Waals surface area contributed by atoms with Crippen LogP contribution in [0.4, 0.5) is 0 Å². The van der Waals surface area contributed by atoms with Gasteiger partial charge in [-0.25, -0.2) is 4.98 Å². The zero-order valence-corrected chi connectivity index (χ0v) is 17.3. The second kappa shape index (κ2) is 8.13. The number of imidazole rings is 1. The van der Waals surface area contributed by atoms with Crippen LogP contribution in [0.1, 0.15) is 17.0 Å². The molecule has 31 heavy (non-hydrogen) atoms.